The Hall–Kier alpha value is -1.89. The molecule has 5 nitrogen and oxygen atoms in total. The standard InChI is InChI=1S/C17H19ClN2O3S/c1-11-8-9-13(10-16(11)24(22,23)20(3)4)17(21)19-15-7-5-6-14(18)12(15)2/h5-10H,1-4H3,(H,19,21). The molecule has 2 rings (SSSR count). The lowest BCUT2D eigenvalue weighted by Crippen LogP contribution is -2.23. The van der Waals surface area contributed by atoms with Crippen molar-refractivity contribution in [2.45, 2.75) is 18.7 Å². The van der Waals surface area contributed by atoms with E-state index in [-0.39, 0.29) is 10.5 Å². The summed E-state index contributed by atoms with van der Waals surface area (Å²) in [5, 5.41) is 3.31. The Morgan fingerprint density at radius 3 is 2.42 bits per heavy atom. The van der Waals surface area contributed by atoms with Crippen LogP contribution in [-0.2, 0) is 10.0 Å². The smallest absolute Gasteiger partial charge is 0.255 e. The molecule has 0 fully saturated rings. The van der Waals surface area contributed by atoms with Gasteiger partial charge < -0.3 is 5.32 Å². The van der Waals surface area contributed by atoms with Gasteiger partial charge >= 0.3 is 0 Å². The van der Waals surface area contributed by atoms with Gasteiger partial charge in [0.1, 0.15) is 0 Å². The lowest BCUT2D eigenvalue weighted by atomic mass is 10.1. The molecule has 128 valence electrons. The van der Waals surface area contributed by atoms with Crippen LogP contribution in [-0.4, -0.2) is 32.7 Å². The maximum absolute atomic E-state index is 12.5. The van der Waals surface area contributed by atoms with Gasteiger partial charge in [-0.15, -0.1) is 0 Å². The number of amides is 1. The minimum atomic E-state index is -3.62. The summed E-state index contributed by atoms with van der Waals surface area (Å²) in [5.74, 6) is -0.393. The summed E-state index contributed by atoms with van der Waals surface area (Å²) in [4.78, 5) is 12.6. The van der Waals surface area contributed by atoms with E-state index in [0.717, 1.165) is 9.87 Å². The number of benzene rings is 2. The minimum absolute atomic E-state index is 0.114. The lowest BCUT2D eigenvalue weighted by Gasteiger charge is -2.15. The molecule has 0 saturated heterocycles. The zero-order valence-corrected chi connectivity index (χ0v) is 15.5. The van der Waals surface area contributed by atoms with Crippen molar-refractivity contribution in [3.63, 3.8) is 0 Å². The SMILES string of the molecule is Cc1ccc(C(=O)Nc2cccc(Cl)c2C)cc1S(=O)(=O)N(C)C. The number of nitrogens with one attached hydrogen (secondary N) is 1. The van der Waals surface area contributed by atoms with Crippen LogP contribution in [0.4, 0.5) is 5.69 Å². The Balaban J connectivity index is 2.40. The highest BCUT2D eigenvalue weighted by molar-refractivity contribution is 7.89. The van der Waals surface area contributed by atoms with Gasteiger partial charge in [-0.05, 0) is 49.2 Å². The Bertz CT molecular complexity index is 893. The van der Waals surface area contributed by atoms with Gasteiger partial charge in [-0.3, -0.25) is 4.79 Å². The van der Waals surface area contributed by atoms with Crippen molar-refractivity contribution in [1.29, 1.82) is 0 Å². The van der Waals surface area contributed by atoms with Crippen LogP contribution in [0.15, 0.2) is 41.3 Å². The van der Waals surface area contributed by atoms with Gasteiger partial charge in [-0.2, -0.15) is 0 Å². The molecule has 24 heavy (non-hydrogen) atoms. The van der Waals surface area contributed by atoms with Gasteiger partial charge in [-0.1, -0.05) is 23.7 Å². The summed E-state index contributed by atoms with van der Waals surface area (Å²) >= 11 is 6.05. The predicted octanol–water partition coefficient (Wildman–Crippen LogP) is 3.46. The molecule has 0 radical (unpaired) electrons. The number of halogens is 1. The summed E-state index contributed by atoms with van der Waals surface area (Å²) < 4.78 is 25.8. The van der Waals surface area contributed by atoms with E-state index < -0.39 is 15.9 Å². The second-order valence-corrected chi connectivity index (χ2v) is 8.16. The maximum Gasteiger partial charge on any atom is 0.255 e. The average molecular weight is 367 g/mol. The van der Waals surface area contributed by atoms with Crippen molar-refractivity contribution in [1.82, 2.24) is 4.31 Å². The maximum atomic E-state index is 12.5. The van der Waals surface area contributed by atoms with Gasteiger partial charge in [0.05, 0.1) is 4.90 Å². The monoisotopic (exact) mass is 366 g/mol. The minimum Gasteiger partial charge on any atom is -0.322 e. The third-order valence-electron chi connectivity index (χ3n) is 3.72. The van der Waals surface area contributed by atoms with Gasteiger partial charge in [0.15, 0.2) is 0 Å². The van der Waals surface area contributed by atoms with Crippen LogP contribution in [0.25, 0.3) is 0 Å². The van der Waals surface area contributed by atoms with Crippen LogP contribution >= 0.6 is 11.6 Å². The molecule has 2 aromatic carbocycles. The molecule has 1 N–H and O–H groups in total. The molecule has 2 aromatic rings. The normalized spacial score (nSPS) is 11.6. The summed E-state index contributed by atoms with van der Waals surface area (Å²) in [5.41, 5.74) is 2.19. The molecule has 0 aliphatic carbocycles. The first-order valence-electron chi connectivity index (χ1n) is 7.24. The zero-order chi connectivity index (χ0) is 18.1. The largest absolute Gasteiger partial charge is 0.322 e. The topological polar surface area (TPSA) is 66.5 Å². The Morgan fingerprint density at radius 2 is 1.79 bits per heavy atom. The van der Waals surface area contributed by atoms with Crippen molar-refractivity contribution in [2.24, 2.45) is 0 Å². The van der Waals surface area contributed by atoms with E-state index in [1.807, 2.05) is 0 Å². The van der Waals surface area contributed by atoms with Crippen molar-refractivity contribution in [3.8, 4) is 0 Å². The van der Waals surface area contributed by atoms with Crippen LogP contribution in [0.1, 0.15) is 21.5 Å². The number of carbonyl (C=O) groups is 1. The first kappa shape index (κ1) is 18.4. The third-order valence-corrected chi connectivity index (χ3v) is 6.09. The molecule has 0 bridgehead atoms. The highest BCUT2D eigenvalue weighted by atomic mass is 35.5. The number of sulfonamides is 1. The first-order valence-corrected chi connectivity index (χ1v) is 9.06. The number of rotatable bonds is 4. The number of hydrogen-bond acceptors (Lipinski definition) is 3. The fourth-order valence-corrected chi connectivity index (χ4v) is 3.47. The molecule has 0 heterocycles. The quantitative estimate of drug-likeness (QED) is 0.901. The summed E-state index contributed by atoms with van der Waals surface area (Å²) in [6.07, 6.45) is 0. The first-order chi connectivity index (χ1) is 11.1. The van der Waals surface area contributed by atoms with Gasteiger partial charge in [0, 0.05) is 30.4 Å². The van der Waals surface area contributed by atoms with Gasteiger partial charge in [0.2, 0.25) is 10.0 Å². The van der Waals surface area contributed by atoms with E-state index in [4.69, 9.17) is 11.6 Å². The number of anilines is 1. The zero-order valence-electron chi connectivity index (χ0n) is 13.9. The summed E-state index contributed by atoms with van der Waals surface area (Å²) in [7, 11) is -0.709. The Morgan fingerprint density at radius 1 is 1.12 bits per heavy atom. The van der Waals surface area contributed by atoms with Gasteiger partial charge in [0.25, 0.3) is 5.91 Å². The highest BCUT2D eigenvalue weighted by Gasteiger charge is 2.21. The van der Waals surface area contributed by atoms with Crippen LogP contribution < -0.4 is 5.32 Å². The number of nitrogens with zero attached hydrogens (tertiary/aromatic N) is 1. The molecular weight excluding hydrogens is 348 g/mol. The average Bonchev–Trinajstić information content (AvgIpc) is 2.51. The number of aryl methyl sites for hydroxylation is 1. The number of hydrogen-bond donors (Lipinski definition) is 1. The molecule has 0 atom stereocenters. The molecule has 7 heteroatoms. The Kier molecular flexibility index (Phi) is 5.32. The van der Waals surface area contributed by atoms with E-state index in [1.54, 1.807) is 44.2 Å². The van der Waals surface area contributed by atoms with Crippen LogP contribution in [0.5, 0.6) is 0 Å². The molecule has 0 aromatic heterocycles. The van der Waals surface area contributed by atoms with E-state index in [2.05, 4.69) is 5.32 Å². The number of carbonyl (C=O) groups excluding carboxylic acids is 1. The van der Waals surface area contributed by atoms with E-state index in [0.29, 0.717) is 16.3 Å². The molecule has 0 saturated carbocycles. The van der Waals surface area contributed by atoms with Crippen LogP contribution in [0, 0.1) is 13.8 Å². The van der Waals surface area contributed by atoms with Crippen molar-refractivity contribution >= 4 is 33.2 Å². The molecule has 1 amide bonds. The highest BCUT2D eigenvalue weighted by Crippen LogP contribution is 2.24. The summed E-state index contributed by atoms with van der Waals surface area (Å²) in [6, 6.07) is 9.82. The van der Waals surface area contributed by atoms with Crippen LogP contribution in [0.3, 0.4) is 0 Å². The molecular formula is C17H19ClN2O3S. The second-order valence-electron chi connectivity index (χ2n) is 5.63. The predicted molar refractivity (Wildman–Crippen MR) is 96.2 cm³/mol. The summed E-state index contributed by atoms with van der Waals surface area (Å²) in [6.45, 7) is 3.49. The van der Waals surface area contributed by atoms with E-state index in [1.165, 1.54) is 20.2 Å². The lowest BCUT2D eigenvalue weighted by molar-refractivity contribution is 0.102. The van der Waals surface area contributed by atoms with Gasteiger partial charge in [-0.25, -0.2) is 12.7 Å². The van der Waals surface area contributed by atoms with Crippen molar-refractivity contribution < 1.29 is 13.2 Å². The molecule has 0 aliphatic rings. The Labute approximate surface area is 147 Å². The molecule has 0 unspecified atom stereocenters. The third kappa shape index (κ3) is 3.61. The molecule has 0 spiro atoms. The second kappa shape index (κ2) is 6.93. The van der Waals surface area contributed by atoms with E-state index in [9.17, 15) is 13.2 Å². The fourth-order valence-electron chi connectivity index (χ4n) is 2.15. The molecule has 0 aliphatic heterocycles. The van der Waals surface area contributed by atoms with Crippen LogP contribution in [0.2, 0.25) is 5.02 Å². The fraction of sp³-hybridized carbons (Fsp3) is 0.235. The van der Waals surface area contributed by atoms with Crippen molar-refractivity contribution in [3.05, 3.63) is 58.1 Å². The van der Waals surface area contributed by atoms with E-state index >= 15 is 0 Å². The van der Waals surface area contributed by atoms with Crippen molar-refractivity contribution in [2.75, 3.05) is 19.4 Å².